The van der Waals surface area contributed by atoms with E-state index in [9.17, 15) is 0 Å². The van der Waals surface area contributed by atoms with Crippen molar-refractivity contribution in [2.24, 2.45) is 23.0 Å². The van der Waals surface area contributed by atoms with Gasteiger partial charge in [-0.15, -0.1) is 12.6 Å². The van der Waals surface area contributed by atoms with E-state index in [1.807, 2.05) is 0 Å². The number of aryl methyl sites for hydroxylation is 1. The molecule has 2 saturated carbocycles. The van der Waals surface area contributed by atoms with Gasteiger partial charge in [-0.25, -0.2) is 0 Å². The minimum Gasteiger partial charge on any atom is -0.399 e. The summed E-state index contributed by atoms with van der Waals surface area (Å²) in [6, 6.07) is 4.53. The third-order valence-electron chi connectivity index (χ3n) is 7.14. The lowest BCUT2D eigenvalue weighted by Crippen LogP contribution is -2.40. The standard InChI is InChI=1S/C21H27NS/c1-12-4-7-19-16-6-5-14-10-17(13(2)22)20(23)11-18(14)15(16)8-9-21(12,19)3/h10-11,15-16,19,23H,1-2,4-9,22H2,3H3. The number of nitrogens with two attached hydrogens (primary N) is 1. The molecule has 0 heterocycles. The fourth-order valence-corrected chi connectivity index (χ4v) is 6.12. The first-order chi connectivity index (χ1) is 10.9. The summed E-state index contributed by atoms with van der Waals surface area (Å²) < 4.78 is 0. The Bertz CT molecular complexity index is 704. The second kappa shape index (κ2) is 5.17. The average molecular weight is 326 g/mol. The highest BCUT2D eigenvalue weighted by Gasteiger charge is 2.51. The van der Waals surface area contributed by atoms with Gasteiger partial charge in [-0.3, -0.25) is 0 Å². The molecule has 4 rings (SSSR count). The second-order valence-corrected chi connectivity index (χ2v) is 8.59. The van der Waals surface area contributed by atoms with Crippen LogP contribution in [0.4, 0.5) is 0 Å². The molecule has 0 spiro atoms. The van der Waals surface area contributed by atoms with Crippen LogP contribution in [0.5, 0.6) is 0 Å². The van der Waals surface area contributed by atoms with E-state index >= 15 is 0 Å². The molecule has 122 valence electrons. The minimum absolute atomic E-state index is 0.397. The number of hydrogen-bond acceptors (Lipinski definition) is 2. The molecule has 1 aromatic rings. The van der Waals surface area contributed by atoms with Crippen LogP contribution in [0, 0.1) is 17.3 Å². The molecule has 0 aliphatic heterocycles. The fraction of sp³-hybridized carbons (Fsp3) is 0.524. The SMILES string of the molecule is C=C(N)c1cc2c(cc1S)C1CCC3(C)C(=C)CCC3C1CC2. The van der Waals surface area contributed by atoms with Crippen LogP contribution in [0.2, 0.25) is 0 Å². The van der Waals surface area contributed by atoms with E-state index in [1.54, 1.807) is 0 Å². The van der Waals surface area contributed by atoms with Crippen LogP contribution in [0.1, 0.15) is 61.6 Å². The topological polar surface area (TPSA) is 26.0 Å². The average Bonchev–Trinajstić information content (AvgIpc) is 2.82. The summed E-state index contributed by atoms with van der Waals surface area (Å²) >= 11 is 4.68. The molecule has 3 aliphatic carbocycles. The molecule has 4 unspecified atom stereocenters. The number of allylic oxidation sites excluding steroid dienone is 1. The molecule has 4 atom stereocenters. The quantitative estimate of drug-likeness (QED) is 0.530. The number of thiol groups is 1. The van der Waals surface area contributed by atoms with Crippen LogP contribution in [0.15, 0.2) is 35.8 Å². The van der Waals surface area contributed by atoms with Gasteiger partial charge in [-0.05, 0) is 85.0 Å². The predicted molar refractivity (Wildman–Crippen MR) is 101 cm³/mol. The van der Waals surface area contributed by atoms with Crippen LogP contribution in [-0.4, -0.2) is 0 Å². The molecule has 3 aliphatic rings. The Labute approximate surface area is 145 Å². The summed E-state index contributed by atoms with van der Waals surface area (Å²) in [5.41, 5.74) is 12.5. The molecule has 1 nitrogen and oxygen atoms in total. The maximum atomic E-state index is 5.93. The van der Waals surface area contributed by atoms with Crippen molar-refractivity contribution >= 4 is 18.3 Å². The van der Waals surface area contributed by atoms with E-state index in [2.05, 4.69) is 44.8 Å². The third-order valence-corrected chi connectivity index (χ3v) is 7.51. The molecular weight excluding hydrogens is 298 g/mol. The van der Waals surface area contributed by atoms with Gasteiger partial charge >= 0.3 is 0 Å². The van der Waals surface area contributed by atoms with Crippen molar-refractivity contribution in [3.8, 4) is 0 Å². The highest BCUT2D eigenvalue weighted by atomic mass is 32.1. The Balaban J connectivity index is 1.74. The summed E-state index contributed by atoms with van der Waals surface area (Å²) in [6.07, 6.45) is 7.65. The Hall–Kier alpha value is -1.15. The van der Waals surface area contributed by atoms with Gasteiger partial charge in [0, 0.05) is 16.2 Å². The number of benzene rings is 1. The number of rotatable bonds is 1. The normalized spacial score (nSPS) is 35.4. The molecule has 0 saturated heterocycles. The first-order valence-corrected chi connectivity index (χ1v) is 9.35. The van der Waals surface area contributed by atoms with Crippen molar-refractivity contribution in [2.45, 2.75) is 56.3 Å². The number of hydrogen-bond donors (Lipinski definition) is 2. The summed E-state index contributed by atoms with van der Waals surface area (Å²) in [5.74, 6) is 2.35. The molecule has 2 heteroatoms. The maximum absolute atomic E-state index is 5.93. The molecular formula is C21H27NS. The highest BCUT2D eigenvalue weighted by molar-refractivity contribution is 7.80. The second-order valence-electron chi connectivity index (χ2n) is 8.11. The van der Waals surface area contributed by atoms with Gasteiger partial charge in [0.05, 0.1) is 0 Å². The van der Waals surface area contributed by atoms with Crippen LogP contribution in [0.3, 0.4) is 0 Å². The van der Waals surface area contributed by atoms with E-state index in [-0.39, 0.29) is 0 Å². The van der Waals surface area contributed by atoms with Gasteiger partial charge in [0.1, 0.15) is 0 Å². The molecule has 2 N–H and O–H groups in total. The lowest BCUT2D eigenvalue weighted by atomic mass is 9.55. The largest absolute Gasteiger partial charge is 0.399 e. The fourth-order valence-electron chi connectivity index (χ4n) is 5.77. The first-order valence-electron chi connectivity index (χ1n) is 8.90. The lowest BCUT2D eigenvalue weighted by Gasteiger charge is -2.49. The monoisotopic (exact) mass is 325 g/mol. The molecule has 0 bridgehead atoms. The maximum Gasteiger partial charge on any atom is 0.0325 e. The van der Waals surface area contributed by atoms with Crippen LogP contribution >= 0.6 is 12.6 Å². The molecule has 0 amide bonds. The lowest BCUT2D eigenvalue weighted by molar-refractivity contribution is 0.0816. The minimum atomic E-state index is 0.397. The van der Waals surface area contributed by atoms with Crippen LogP contribution < -0.4 is 5.73 Å². The van der Waals surface area contributed by atoms with Crippen molar-refractivity contribution in [1.29, 1.82) is 0 Å². The third kappa shape index (κ3) is 2.14. The molecule has 0 aromatic heterocycles. The zero-order valence-electron chi connectivity index (χ0n) is 14.1. The molecule has 2 fully saturated rings. The Morgan fingerprint density at radius 2 is 2.04 bits per heavy atom. The molecule has 1 aromatic carbocycles. The van der Waals surface area contributed by atoms with Crippen LogP contribution in [0.25, 0.3) is 5.70 Å². The van der Waals surface area contributed by atoms with Gasteiger partial charge in [0.2, 0.25) is 0 Å². The summed E-state index contributed by atoms with van der Waals surface area (Å²) in [7, 11) is 0. The Morgan fingerprint density at radius 3 is 2.78 bits per heavy atom. The summed E-state index contributed by atoms with van der Waals surface area (Å²) in [4.78, 5) is 0.987. The predicted octanol–water partition coefficient (Wildman–Crippen LogP) is 5.32. The zero-order valence-corrected chi connectivity index (χ0v) is 15.0. The summed E-state index contributed by atoms with van der Waals surface area (Å²) in [5, 5.41) is 0. The molecule has 0 radical (unpaired) electrons. The zero-order chi connectivity index (χ0) is 16.4. The number of fused-ring (bicyclic) bond motifs is 5. The summed E-state index contributed by atoms with van der Waals surface area (Å²) in [6.45, 7) is 10.8. The van der Waals surface area contributed by atoms with Gasteiger partial charge in [0.15, 0.2) is 0 Å². The van der Waals surface area contributed by atoms with Crippen molar-refractivity contribution < 1.29 is 0 Å². The van der Waals surface area contributed by atoms with Gasteiger partial charge in [-0.1, -0.05) is 25.7 Å². The van der Waals surface area contributed by atoms with Crippen molar-refractivity contribution in [3.05, 3.63) is 47.6 Å². The van der Waals surface area contributed by atoms with E-state index in [0.29, 0.717) is 17.0 Å². The first kappa shape index (κ1) is 15.4. The van der Waals surface area contributed by atoms with Gasteiger partial charge in [-0.2, -0.15) is 0 Å². The highest BCUT2D eigenvalue weighted by Crippen LogP contribution is 2.62. The van der Waals surface area contributed by atoms with Crippen molar-refractivity contribution in [3.63, 3.8) is 0 Å². The molecule has 23 heavy (non-hydrogen) atoms. The van der Waals surface area contributed by atoms with E-state index < -0.39 is 0 Å². The smallest absolute Gasteiger partial charge is 0.0325 e. The Kier molecular flexibility index (Phi) is 3.46. The van der Waals surface area contributed by atoms with Crippen molar-refractivity contribution in [1.82, 2.24) is 0 Å². The van der Waals surface area contributed by atoms with Gasteiger partial charge in [0.25, 0.3) is 0 Å². The Morgan fingerprint density at radius 1 is 1.26 bits per heavy atom. The van der Waals surface area contributed by atoms with E-state index in [1.165, 1.54) is 55.2 Å². The van der Waals surface area contributed by atoms with E-state index in [0.717, 1.165) is 22.3 Å². The van der Waals surface area contributed by atoms with E-state index in [4.69, 9.17) is 5.73 Å². The van der Waals surface area contributed by atoms with Crippen molar-refractivity contribution in [2.75, 3.05) is 0 Å². The van der Waals surface area contributed by atoms with Gasteiger partial charge < -0.3 is 5.73 Å². The van der Waals surface area contributed by atoms with Crippen LogP contribution in [-0.2, 0) is 6.42 Å².